The Bertz CT molecular complexity index is 610. The van der Waals surface area contributed by atoms with Crippen LogP contribution in [0.3, 0.4) is 0 Å². The fourth-order valence-electron chi connectivity index (χ4n) is 2.01. The smallest absolute Gasteiger partial charge is 0.137 e. The Hall–Kier alpha value is -2.03. The largest absolute Gasteiger partial charge is 0.300 e. The zero-order valence-corrected chi connectivity index (χ0v) is 12.5. The van der Waals surface area contributed by atoms with E-state index >= 15 is 0 Å². The Morgan fingerprint density at radius 1 is 1.10 bits per heavy atom. The summed E-state index contributed by atoms with van der Waals surface area (Å²) in [5.74, 6) is 0.653. The highest BCUT2D eigenvalue weighted by atomic mass is 16.1. The molecule has 0 spiro atoms. The molecule has 0 aliphatic heterocycles. The number of benzene rings is 1. The van der Waals surface area contributed by atoms with Gasteiger partial charge < -0.3 is 0 Å². The molecule has 20 heavy (non-hydrogen) atoms. The number of hydrogen-bond acceptors (Lipinski definition) is 3. The van der Waals surface area contributed by atoms with Crippen molar-refractivity contribution in [2.24, 2.45) is 0 Å². The zero-order valence-electron chi connectivity index (χ0n) is 12.5. The van der Waals surface area contributed by atoms with Gasteiger partial charge in [-0.05, 0) is 24.0 Å². The van der Waals surface area contributed by atoms with E-state index in [4.69, 9.17) is 0 Å². The van der Waals surface area contributed by atoms with E-state index in [0.29, 0.717) is 5.82 Å². The number of hydrogen-bond donors (Lipinski definition) is 0. The van der Waals surface area contributed by atoms with Crippen molar-refractivity contribution in [3.8, 4) is 11.3 Å². The van der Waals surface area contributed by atoms with Crippen LogP contribution in [-0.4, -0.2) is 15.8 Å². The van der Waals surface area contributed by atoms with Crippen molar-refractivity contribution in [1.29, 1.82) is 0 Å². The van der Waals surface area contributed by atoms with Crippen LogP contribution in [0.1, 0.15) is 39.1 Å². The molecule has 0 saturated carbocycles. The standard InChI is InChI=1S/C17H20N2O/c1-12(20)11-16-18-10-9-15(19-16)13-5-7-14(8-6-13)17(2,3)4/h5-10H,11H2,1-4H3. The summed E-state index contributed by atoms with van der Waals surface area (Å²) >= 11 is 0. The Morgan fingerprint density at radius 3 is 2.30 bits per heavy atom. The van der Waals surface area contributed by atoms with Gasteiger partial charge in [-0.15, -0.1) is 0 Å². The van der Waals surface area contributed by atoms with Gasteiger partial charge in [0.05, 0.1) is 12.1 Å². The minimum atomic E-state index is 0.0743. The van der Waals surface area contributed by atoms with Crippen molar-refractivity contribution in [1.82, 2.24) is 9.97 Å². The lowest BCUT2D eigenvalue weighted by Gasteiger charge is -2.19. The van der Waals surface area contributed by atoms with Gasteiger partial charge in [-0.25, -0.2) is 9.97 Å². The third kappa shape index (κ3) is 3.50. The van der Waals surface area contributed by atoms with Gasteiger partial charge in [0, 0.05) is 11.8 Å². The van der Waals surface area contributed by atoms with Crippen LogP contribution in [0.4, 0.5) is 0 Å². The second-order valence-corrected chi connectivity index (χ2v) is 6.06. The predicted octanol–water partition coefficient (Wildman–Crippen LogP) is 3.57. The summed E-state index contributed by atoms with van der Waals surface area (Å²) in [5.41, 5.74) is 3.34. The number of nitrogens with zero attached hydrogens (tertiary/aromatic N) is 2. The van der Waals surface area contributed by atoms with Gasteiger partial charge in [-0.1, -0.05) is 45.0 Å². The molecule has 3 nitrogen and oxygen atoms in total. The average Bonchev–Trinajstić information content (AvgIpc) is 2.37. The first-order valence-electron chi connectivity index (χ1n) is 6.78. The normalized spacial score (nSPS) is 11.4. The Kier molecular flexibility index (Phi) is 3.98. The third-order valence-corrected chi connectivity index (χ3v) is 3.16. The van der Waals surface area contributed by atoms with Gasteiger partial charge >= 0.3 is 0 Å². The van der Waals surface area contributed by atoms with Gasteiger partial charge in [-0.3, -0.25) is 4.79 Å². The number of carbonyl (C=O) groups is 1. The summed E-state index contributed by atoms with van der Waals surface area (Å²) in [7, 11) is 0. The summed E-state index contributed by atoms with van der Waals surface area (Å²) in [6.45, 7) is 8.13. The van der Waals surface area contributed by atoms with Crippen LogP contribution < -0.4 is 0 Å². The lowest BCUT2D eigenvalue weighted by molar-refractivity contribution is -0.116. The molecule has 0 atom stereocenters. The molecule has 2 rings (SSSR count). The zero-order chi connectivity index (χ0) is 14.8. The number of aromatic nitrogens is 2. The van der Waals surface area contributed by atoms with E-state index in [9.17, 15) is 4.79 Å². The van der Waals surface area contributed by atoms with Crippen LogP contribution in [-0.2, 0) is 16.6 Å². The summed E-state index contributed by atoms with van der Waals surface area (Å²) < 4.78 is 0. The number of rotatable bonds is 3. The van der Waals surface area contributed by atoms with Gasteiger partial charge in [0.1, 0.15) is 11.6 Å². The highest BCUT2D eigenvalue weighted by molar-refractivity contribution is 5.77. The van der Waals surface area contributed by atoms with Gasteiger partial charge in [0.25, 0.3) is 0 Å². The van der Waals surface area contributed by atoms with E-state index < -0.39 is 0 Å². The van der Waals surface area contributed by atoms with Gasteiger partial charge in [0.2, 0.25) is 0 Å². The molecule has 2 aromatic rings. The summed E-state index contributed by atoms with van der Waals surface area (Å²) in [6, 6.07) is 10.3. The monoisotopic (exact) mass is 268 g/mol. The van der Waals surface area contributed by atoms with Crippen LogP contribution in [0, 0.1) is 0 Å². The van der Waals surface area contributed by atoms with Crippen LogP contribution in [0.15, 0.2) is 36.5 Å². The van der Waals surface area contributed by atoms with Crippen LogP contribution in [0.5, 0.6) is 0 Å². The molecular formula is C17H20N2O. The SMILES string of the molecule is CC(=O)Cc1nccc(-c2ccc(C(C)(C)C)cc2)n1. The van der Waals surface area contributed by atoms with E-state index in [2.05, 4.69) is 55.0 Å². The predicted molar refractivity (Wildman–Crippen MR) is 80.6 cm³/mol. The third-order valence-electron chi connectivity index (χ3n) is 3.16. The first-order chi connectivity index (χ1) is 9.36. The molecule has 1 heterocycles. The molecule has 0 amide bonds. The van der Waals surface area contributed by atoms with E-state index in [-0.39, 0.29) is 17.6 Å². The van der Waals surface area contributed by atoms with Crippen LogP contribution in [0.25, 0.3) is 11.3 Å². The lowest BCUT2D eigenvalue weighted by Crippen LogP contribution is -2.10. The van der Waals surface area contributed by atoms with Crippen molar-refractivity contribution in [3.63, 3.8) is 0 Å². The fraction of sp³-hybridized carbons (Fsp3) is 0.353. The molecule has 0 aliphatic carbocycles. The van der Waals surface area contributed by atoms with Crippen molar-refractivity contribution in [2.45, 2.75) is 39.5 Å². The van der Waals surface area contributed by atoms with Crippen LogP contribution in [0.2, 0.25) is 0 Å². The molecule has 0 N–H and O–H groups in total. The minimum absolute atomic E-state index is 0.0743. The molecular weight excluding hydrogens is 248 g/mol. The number of ketones is 1. The van der Waals surface area contributed by atoms with E-state index in [1.165, 1.54) is 5.56 Å². The summed E-state index contributed by atoms with van der Waals surface area (Å²) in [4.78, 5) is 19.7. The summed E-state index contributed by atoms with van der Waals surface area (Å²) in [5, 5.41) is 0. The Balaban J connectivity index is 2.30. The second-order valence-electron chi connectivity index (χ2n) is 6.06. The van der Waals surface area contributed by atoms with Crippen LogP contribution >= 0.6 is 0 Å². The molecule has 1 aromatic heterocycles. The molecule has 0 fully saturated rings. The molecule has 0 bridgehead atoms. The highest BCUT2D eigenvalue weighted by Crippen LogP contribution is 2.25. The van der Waals surface area contributed by atoms with Crippen molar-refractivity contribution >= 4 is 5.78 Å². The molecule has 0 saturated heterocycles. The molecule has 0 aliphatic rings. The van der Waals surface area contributed by atoms with Crippen molar-refractivity contribution < 1.29 is 4.79 Å². The molecule has 1 aromatic carbocycles. The van der Waals surface area contributed by atoms with E-state index in [1.54, 1.807) is 13.1 Å². The maximum absolute atomic E-state index is 11.1. The van der Waals surface area contributed by atoms with E-state index in [1.807, 2.05) is 6.07 Å². The summed E-state index contributed by atoms with van der Waals surface area (Å²) in [6.07, 6.45) is 1.99. The lowest BCUT2D eigenvalue weighted by atomic mass is 9.86. The van der Waals surface area contributed by atoms with Gasteiger partial charge in [0.15, 0.2) is 0 Å². The Labute approximate surface area is 120 Å². The second kappa shape index (κ2) is 5.53. The molecule has 0 radical (unpaired) electrons. The highest BCUT2D eigenvalue weighted by Gasteiger charge is 2.13. The maximum atomic E-state index is 11.1. The quantitative estimate of drug-likeness (QED) is 0.854. The first kappa shape index (κ1) is 14.4. The minimum Gasteiger partial charge on any atom is -0.300 e. The number of carbonyl (C=O) groups excluding carboxylic acids is 1. The molecule has 3 heteroatoms. The first-order valence-corrected chi connectivity index (χ1v) is 6.78. The fourth-order valence-corrected chi connectivity index (χ4v) is 2.01. The average molecular weight is 268 g/mol. The maximum Gasteiger partial charge on any atom is 0.137 e. The molecule has 0 unspecified atom stereocenters. The number of Topliss-reactive ketones (excluding diaryl/α,β-unsaturated/α-hetero) is 1. The topological polar surface area (TPSA) is 42.9 Å². The van der Waals surface area contributed by atoms with Crippen molar-refractivity contribution in [2.75, 3.05) is 0 Å². The van der Waals surface area contributed by atoms with E-state index in [0.717, 1.165) is 11.3 Å². The van der Waals surface area contributed by atoms with Gasteiger partial charge in [-0.2, -0.15) is 0 Å². The molecule has 104 valence electrons. The Morgan fingerprint density at radius 2 is 1.75 bits per heavy atom. The van der Waals surface area contributed by atoms with Crippen molar-refractivity contribution in [3.05, 3.63) is 47.9 Å².